The first-order valence-corrected chi connectivity index (χ1v) is 7.24. The molecule has 0 aliphatic carbocycles. The lowest BCUT2D eigenvalue weighted by Gasteiger charge is -2.06. The number of aromatic nitrogens is 2. The minimum atomic E-state index is 0.736. The Kier molecular flexibility index (Phi) is 4.99. The number of nitrogens with zero attached hydrogens (tertiary/aromatic N) is 2. The van der Waals surface area contributed by atoms with Crippen molar-refractivity contribution in [3.8, 4) is 0 Å². The summed E-state index contributed by atoms with van der Waals surface area (Å²) in [5, 5.41) is 0. The first-order chi connectivity index (χ1) is 9.76. The molecule has 2 rings (SSSR count). The Morgan fingerprint density at radius 2 is 1.95 bits per heavy atom. The normalized spacial score (nSPS) is 10.7. The molecule has 3 nitrogen and oxygen atoms in total. The summed E-state index contributed by atoms with van der Waals surface area (Å²) < 4.78 is 2.08. The number of benzene rings is 1. The van der Waals surface area contributed by atoms with Crippen LogP contribution in [0.1, 0.15) is 30.4 Å². The van der Waals surface area contributed by atoms with Gasteiger partial charge in [0, 0.05) is 13.0 Å². The molecule has 2 N–H and O–H groups in total. The maximum Gasteiger partial charge on any atom is 0.127 e. The van der Waals surface area contributed by atoms with Crippen molar-refractivity contribution in [2.75, 3.05) is 5.73 Å². The molecule has 1 heterocycles. The molecule has 1 aromatic heterocycles. The largest absolute Gasteiger partial charge is 0.384 e. The number of hydrogen-bond acceptors (Lipinski definition) is 2. The van der Waals surface area contributed by atoms with Crippen molar-refractivity contribution >= 4 is 5.82 Å². The van der Waals surface area contributed by atoms with Crippen LogP contribution in [0, 0.1) is 0 Å². The summed E-state index contributed by atoms with van der Waals surface area (Å²) in [6.45, 7) is 6.69. The molecule has 0 aliphatic heterocycles. The molecule has 0 atom stereocenters. The summed E-state index contributed by atoms with van der Waals surface area (Å²) >= 11 is 0. The summed E-state index contributed by atoms with van der Waals surface area (Å²) in [6, 6.07) is 10.5. The Labute approximate surface area is 121 Å². The third-order valence-corrected chi connectivity index (χ3v) is 3.44. The van der Waals surface area contributed by atoms with E-state index in [1.54, 1.807) is 0 Å². The predicted octanol–water partition coefficient (Wildman–Crippen LogP) is 3.39. The van der Waals surface area contributed by atoms with E-state index in [4.69, 9.17) is 10.7 Å². The van der Waals surface area contributed by atoms with Crippen molar-refractivity contribution in [1.82, 2.24) is 9.55 Å². The van der Waals surface area contributed by atoms with E-state index >= 15 is 0 Å². The van der Waals surface area contributed by atoms with Gasteiger partial charge < -0.3 is 10.3 Å². The van der Waals surface area contributed by atoms with E-state index in [9.17, 15) is 0 Å². The average Bonchev–Trinajstić information content (AvgIpc) is 2.76. The van der Waals surface area contributed by atoms with Gasteiger partial charge >= 0.3 is 0 Å². The number of anilines is 1. The highest BCUT2D eigenvalue weighted by Gasteiger charge is 2.13. The molecular formula is C17H23N3. The van der Waals surface area contributed by atoms with Gasteiger partial charge in [0.05, 0.1) is 5.69 Å². The molecule has 0 fully saturated rings. The fourth-order valence-electron chi connectivity index (χ4n) is 2.41. The first kappa shape index (κ1) is 14.4. The maximum absolute atomic E-state index is 6.24. The van der Waals surface area contributed by atoms with Gasteiger partial charge in [-0.2, -0.15) is 0 Å². The predicted molar refractivity (Wildman–Crippen MR) is 84.7 cm³/mol. The van der Waals surface area contributed by atoms with Crippen LogP contribution in [0.3, 0.4) is 0 Å². The Morgan fingerprint density at radius 1 is 1.20 bits per heavy atom. The highest BCUT2D eigenvalue weighted by molar-refractivity contribution is 5.39. The zero-order chi connectivity index (χ0) is 14.4. The van der Waals surface area contributed by atoms with E-state index in [0.29, 0.717) is 0 Å². The number of allylic oxidation sites excluding steroid dienone is 1. The van der Waals surface area contributed by atoms with Gasteiger partial charge in [-0.1, -0.05) is 43.3 Å². The van der Waals surface area contributed by atoms with Crippen LogP contribution in [0.15, 0.2) is 43.0 Å². The molecule has 0 radical (unpaired) electrons. The van der Waals surface area contributed by atoms with Crippen molar-refractivity contribution in [3.05, 3.63) is 60.1 Å². The van der Waals surface area contributed by atoms with E-state index < -0.39 is 0 Å². The third kappa shape index (κ3) is 3.29. The Bertz CT molecular complexity index is 555. The third-order valence-electron chi connectivity index (χ3n) is 3.44. The van der Waals surface area contributed by atoms with Gasteiger partial charge in [-0.05, 0) is 24.8 Å². The van der Waals surface area contributed by atoms with Crippen LogP contribution < -0.4 is 5.73 Å². The van der Waals surface area contributed by atoms with Gasteiger partial charge in [-0.3, -0.25) is 0 Å². The number of rotatable bonds is 7. The second kappa shape index (κ2) is 6.94. The van der Waals surface area contributed by atoms with E-state index in [-0.39, 0.29) is 0 Å². The fourth-order valence-corrected chi connectivity index (χ4v) is 2.41. The number of nitrogens with two attached hydrogens (primary N) is 1. The Balaban J connectivity index is 2.15. The smallest absolute Gasteiger partial charge is 0.127 e. The lowest BCUT2D eigenvalue weighted by molar-refractivity contribution is 0.723. The molecule has 0 aliphatic rings. The van der Waals surface area contributed by atoms with Crippen molar-refractivity contribution in [1.29, 1.82) is 0 Å². The molecule has 3 heteroatoms. The van der Waals surface area contributed by atoms with Gasteiger partial charge in [0.1, 0.15) is 11.6 Å². The summed E-state index contributed by atoms with van der Waals surface area (Å²) in [5.41, 5.74) is 8.57. The Hall–Kier alpha value is -2.03. The molecule has 20 heavy (non-hydrogen) atoms. The van der Waals surface area contributed by atoms with Crippen LogP contribution in [0.4, 0.5) is 5.82 Å². The second-order valence-electron chi connectivity index (χ2n) is 4.99. The highest BCUT2D eigenvalue weighted by Crippen LogP contribution is 2.18. The number of nitrogen functional groups attached to an aromatic ring is 1. The molecule has 0 bridgehead atoms. The molecule has 1 aromatic carbocycles. The van der Waals surface area contributed by atoms with Gasteiger partial charge in [0.2, 0.25) is 0 Å². The van der Waals surface area contributed by atoms with Gasteiger partial charge in [0.15, 0.2) is 0 Å². The zero-order valence-electron chi connectivity index (χ0n) is 12.2. The highest BCUT2D eigenvalue weighted by atomic mass is 15.1. The van der Waals surface area contributed by atoms with E-state index in [1.807, 2.05) is 12.1 Å². The monoisotopic (exact) mass is 269 g/mol. The maximum atomic E-state index is 6.24. The Morgan fingerprint density at radius 3 is 2.60 bits per heavy atom. The lowest BCUT2D eigenvalue weighted by Crippen LogP contribution is -2.06. The van der Waals surface area contributed by atoms with E-state index in [0.717, 1.165) is 49.6 Å². The fraction of sp³-hybridized carbons (Fsp3) is 0.353. The van der Waals surface area contributed by atoms with Crippen molar-refractivity contribution in [3.63, 3.8) is 0 Å². The lowest BCUT2D eigenvalue weighted by atomic mass is 10.1. The van der Waals surface area contributed by atoms with Crippen molar-refractivity contribution in [2.24, 2.45) is 0 Å². The molecule has 2 aromatic rings. The second-order valence-corrected chi connectivity index (χ2v) is 4.99. The SMILES string of the molecule is C=CCn1c(CCC)nc(CCc2ccccc2)c1N. The van der Waals surface area contributed by atoms with Gasteiger partial charge in [-0.15, -0.1) is 6.58 Å². The van der Waals surface area contributed by atoms with Crippen LogP contribution in [-0.2, 0) is 25.8 Å². The summed E-state index contributed by atoms with van der Waals surface area (Å²) in [5.74, 6) is 1.87. The molecule has 0 amide bonds. The van der Waals surface area contributed by atoms with Crippen LogP contribution in [0.5, 0.6) is 0 Å². The summed E-state index contributed by atoms with van der Waals surface area (Å²) in [4.78, 5) is 4.72. The molecule has 0 spiro atoms. The molecule has 0 unspecified atom stereocenters. The molecular weight excluding hydrogens is 246 g/mol. The molecule has 0 saturated heterocycles. The molecule has 106 valence electrons. The van der Waals surface area contributed by atoms with Gasteiger partial charge in [-0.25, -0.2) is 4.98 Å². The van der Waals surface area contributed by atoms with Crippen molar-refractivity contribution in [2.45, 2.75) is 39.2 Å². The zero-order valence-corrected chi connectivity index (χ0v) is 12.2. The minimum absolute atomic E-state index is 0.736. The topological polar surface area (TPSA) is 43.8 Å². The van der Waals surface area contributed by atoms with Crippen LogP contribution in [-0.4, -0.2) is 9.55 Å². The first-order valence-electron chi connectivity index (χ1n) is 7.24. The van der Waals surface area contributed by atoms with E-state index in [1.165, 1.54) is 5.56 Å². The number of hydrogen-bond donors (Lipinski definition) is 1. The van der Waals surface area contributed by atoms with Crippen LogP contribution >= 0.6 is 0 Å². The summed E-state index contributed by atoms with van der Waals surface area (Å²) in [7, 11) is 0. The quantitative estimate of drug-likeness (QED) is 0.783. The average molecular weight is 269 g/mol. The minimum Gasteiger partial charge on any atom is -0.384 e. The summed E-state index contributed by atoms with van der Waals surface area (Å²) in [6.07, 6.45) is 5.77. The molecule has 0 saturated carbocycles. The van der Waals surface area contributed by atoms with Crippen molar-refractivity contribution < 1.29 is 0 Å². The van der Waals surface area contributed by atoms with Crippen LogP contribution in [0.25, 0.3) is 0 Å². The standard InChI is InChI=1S/C17H23N3/c1-3-8-16-19-15(17(18)20(16)13-4-2)12-11-14-9-6-5-7-10-14/h4-7,9-10H,2-3,8,11-13,18H2,1H3. The number of imidazole rings is 1. The van der Waals surface area contributed by atoms with Crippen LogP contribution in [0.2, 0.25) is 0 Å². The van der Waals surface area contributed by atoms with E-state index in [2.05, 4.69) is 42.3 Å². The number of aryl methyl sites for hydroxylation is 3. The van der Waals surface area contributed by atoms with Gasteiger partial charge in [0.25, 0.3) is 0 Å².